The summed E-state index contributed by atoms with van der Waals surface area (Å²) in [4.78, 5) is 4.82. The molecule has 0 radical (unpaired) electrons. The fraction of sp³-hybridized carbons (Fsp3) is 0.600. The fourth-order valence-corrected chi connectivity index (χ4v) is 3.55. The Balaban J connectivity index is 2.03. The molecule has 1 aromatic carbocycles. The first-order valence-electron chi connectivity index (χ1n) is 6.95. The Morgan fingerprint density at radius 3 is 2.79 bits per heavy atom. The van der Waals surface area contributed by atoms with Crippen LogP contribution < -0.4 is 5.73 Å². The molecular formula is C15H24BrN3. The summed E-state index contributed by atoms with van der Waals surface area (Å²) < 4.78 is 1.15. The van der Waals surface area contributed by atoms with Gasteiger partial charge in [0.15, 0.2) is 0 Å². The number of halogens is 1. The van der Waals surface area contributed by atoms with E-state index in [-0.39, 0.29) is 0 Å². The number of hydrogen-bond acceptors (Lipinski definition) is 3. The molecule has 2 N–H and O–H groups in total. The highest BCUT2D eigenvalue weighted by molar-refractivity contribution is 9.10. The summed E-state index contributed by atoms with van der Waals surface area (Å²) in [5, 5.41) is 0. The van der Waals surface area contributed by atoms with Crippen LogP contribution in [0.1, 0.15) is 18.0 Å². The van der Waals surface area contributed by atoms with Crippen molar-refractivity contribution >= 4 is 15.9 Å². The lowest BCUT2D eigenvalue weighted by Crippen LogP contribution is -2.35. The molecule has 2 unspecified atom stereocenters. The van der Waals surface area contributed by atoms with Crippen molar-refractivity contribution in [3.8, 4) is 0 Å². The van der Waals surface area contributed by atoms with E-state index in [0.717, 1.165) is 16.9 Å². The third kappa shape index (κ3) is 3.78. The van der Waals surface area contributed by atoms with Crippen molar-refractivity contribution in [2.24, 2.45) is 11.7 Å². The second-order valence-electron chi connectivity index (χ2n) is 5.63. The third-order valence-corrected chi connectivity index (χ3v) is 4.78. The molecule has 19 heavy (non-hydrogen) atoms. The quantitative estimate of drug-likeness (QED) is 0.901. The van der Waals surface area contributed by atoms with Gasteiger partial charge in [-0.1, -0.05) is 34.1 Å². The minimum Gasteiger partial charge on any atom is -0.329 e. The van der Waals surface area contributed by atoms with Gasteiger partial charge in [-0.2, -0.15) is 0 Å². The fourth-order valence-electron chi connectivity index (χ4n) is 3.00. The van der Waals surface area contributed by atoms with E-state index in [0.29, 0.717) is 12.6 Å². The van der Waals surface area contributed by atoms with Crippen LogP contribution in [0.2, 0.25) is 0 Å². The van der Waals surface area contributed by atoms with Crippen molar-refractivity contribution in [1.82, 2.24) is 9.80 Å². The molecular weight excluding hydrogens is 302 g/mol. The van der Waals surface area contributed by atoms with E-state index in [1.165, 1.54) is 25.1 Å². The van der Waals surface area contributed by atoms with E-state index >= 15 is 0 Å². The van der Waals surface area contributed by atoms with Gasteiger partial charge in [-0.05, 0) is 44.6 Å². The number of nitrogens with zero attached hydrogens (tertiary/aromatic N) is 2. The molecule has 2 atom stereocenters. The molecule has 0 aromatic heterocycles. The number of rotatable bonds is 5. The van der Waals surface area contributed by atoms with Gasteiger partial charge >= 0.3 is 0 Å². The summed E-state index contributed by atoms with van der Waals surface area (Å²) in [6.07, 6.45) is 1.30. The van der Waals surface area contributed by atoms with Gasteiger partial charge in [0.05, 0.1) is 0 Å². The third-order valence-electron chi connectivity index (χ3n) is 4.05. The standard InChI is InChI=1S/C15H24BrN3/c1-18-8-7-12(10-18)11-19(2)15(9-17)13-5-3-4-6-14(13)16/h3-6,12,15H,7-11,17H2,1-2H3. The Bertz CT molecular complexity index is 410. The zero-order valence-electron chi connectivity index (χ0n) is 11.8. The van der Waals surface area contributed by atoms with Crippen LogP contribution >= 0.6 is 15.9 Å². The maximum absolute atomic E-state index is 6.00. The average molecular weight is 326 g/mol. The van der Waals surface area contributed by atoms with Crippen molar-refractivity contribution in [2.45, 2.75) is 12.5 Å². The highest BCUT2D eigenvalue weighted by Gasteiger charge is 2.24. The van der Waals surface area contributed by atoms with Gasteiger partial charge in [-0.3, -0.25) is 4.90 Å². The smallest absolute Gasteiger partial charge is 0.0478 e. The van der Waals surface area contributed by atoms with Crippen LogP contribution in [0.4, 0.5) is 0 Å². The number of likely N-dealkylation sites (N-methyl/N-ethyl adjacent to an activating group) is 1. The Morgan fingerprint density at radius 1 is 1.47 bits per heavy atom. The highest BCUT2D eigenvalue weighted by Crippen LogP contribution is 2.27. The normalized spacial score (nSPS) is 22.1. The van der Waals surface area contributed by atoms with E-state index in [2.05, 4.69) is 58.0 Å². The first-order valence-corrected chi connectivity index (χ1v) is 7.74. The number of nitrogens with two attached hydrogens (primary N) is 1. The summed E-state index contributed by atoms with van der Waals surface area (Å²) in [6.45, 7) is 4.20. The lowest BCUT2D eigenvalue weighted by molar-refractivity contribution is 0.211. The van der Waals surface area contributed by atoms with Crippen LogP contribution in [0.25, 0.3) is 0 Å². The molecule has 0 amide bonds. The largest absolute Gasteiger partial charge is 0.329 e. The molecule has 1 saturated heterocycles. The summed E-state index contributed by atoms with van der Waals surface area (Å²) in [6, 6.07) is 8.68. The molecule has 0 bridgehead atoms. The second-order valence-corrected chi connectivity index (χ2v) is 6.48. The van der Waals surface area contributed by atoms with E-state index in [9.17, 15) is 0 Å². The van der Waals surface area contributed by atoms with Gasteiger partial charge in [0.25, 0.3) is 0 Å². The molecule has 0 spiro atoms. The van der Waals surface area contributed by atoms with Crippen LogP contribution in [-0.2, 0) is 0 Å². The number of likely N-dealkylation sites (tertiary alicyclic amines) is 1. The molecule has 1 heterocycles. The Kier molecular flexibility index (Phi) is 5.39. The molecule has 106 valence electrons. The topological polar surface area (TPSA) is 32.5 Å². The summed E-state index contributed by atoms with van der Waals surface area (Å²) in [5.41, 5.74) is 7.29. The minimum atomic E-state index is 0.293. The van der Waals surface area contributed by atoms with Gasteiger partial charge in [0.2, 0.25) is 0 Å². The maximum atomic E-state index is 6.00. The molecule has 2 rings (SSSR count). The molecule has 1 aliphatic rings. The molecule has 1 aromatic rings. The molecule has 0 saturated carbocycles. The Morgan fingerprint density at radius 2 is 2.21 bits per heavy atom. The van der Waals surface area contributed by atoms with Gasteiger partial charge < -0.3 is 10.6 Å². The van der Waals surface area contributed by atoms with Crippen molar-refractivity contribution < 1.29 is 0 Å². The van der Waals surface area contributed by atoms with Gasteiger partial charge in [-0.15, -0.1) is 0 Å². The zero-order chi connectivity index (χ0) is 13.8. The monoisotopic (exact) mass is 325 g/mol. The van der Waals surface area contributed by atoms with E-state index < -0.39 is 0 Å². The molecule has 1 fully saturated rings. The lowest BCUT2D eigenvalue weighted by Gasteiger charge is -2.30. The van der Waals surface area contributed by atoms with Crippen LogP contribution in [0, 0.1) is 5.92 Å². The van der Waals surface area contributed by atoms with Crippen LogP contribution in [-0.4, -0.2) is 50.1 Å². The Labute approximate surface area is 124 Å². The SMILES string of the molecule is CN1CCC(CN(C)C(CN)c2ccccc2Br)C1. The maximum Gasteiger partial charge on any atom is 0.0478 e. The van der Waals surface area contributed by atoms with E-state index in [1.807, 2.05) is 6.07 Å². The predicted octanol–water partition coefficient (Wildman–Crippen LogP) is 2.33. The predicted molar refractivity (Wildman–Crippen MR) is 84.2 cm³/mol. The average Bonchev–Trinajstić information content (AvgIpc) is 2.78. The minimum absolute atomic E-state index is 0.293. The lowest BCUT2D eigenvalue weighted by atomic mass is 10.0. The molecule has 0 aliphatic carbocycles. The Hall–Kier alpha value is -0.420. The van der Waals surface area contributed by atoms with Crippen molar-refractivity contribution in [3.05, 3.63) is 34.3 Å². The van der Waals surface area contributed by atoms with Crippen LogP contribution in [0.15, 0.2) is 28.7 Å². The van der Waals surface area contributed by atoms with Gasteiger partial charge in [0.1, 0.15) is 0 Å². The van der Waals surface area contributed by atoms with Crippen LogP contribution in [0.5, 0.6) is 0 Å². The van der Waals surface area contributed by atoms with Gasteiger partial charge in [0, 0.05) is 30.1 Å². The summed E-state index contributed by atoms with van der Waals surface area (Å²) in [7, 11) is 4.39. The van der Waals surface area contributed by atoms with Crippen molar-refractivity contribution in [2.75, 3.05) is 40.3 Å². The number of hydrogen-bond donors (Lipinski definition) is 1. The second kappa shape index (κ2) is 6.84. The number of benzene rings is 1. The first-order chi connectivity index (χ1) is 9.11. The zero-order valence-corrected chi connectivity index (χ0v) is 13.4. The molecule has 3 nitrogen and oxygen atoms in total. The van der Waals surface area contributed by atoms with Crippen LogP contribution in [0.3, 0.4) is 0 Å². The van der Waals surface area contributed by atoms with E-state index in [4.69, 9.17) is 5.73 Å². The van der Waals surface area contributed by atoms with Crippen molar-refractivity contribution in [3.63, 3.8) is 0 Å². The van der Waals surface area contributed by atoms with E-state index in [1.54, 1.807) is 0 Å². The summed E-state index contributed by atoms with van der Waals surface area (Å²) >= 11 is 3.64. The highest BCUT2D eigenvalue weighted by atomic mass is 79.9. The first kappa shape index (κ1) is 15.0. The van der Waals surface area contributed by atoms with Crippen molar-refractivity contribution in [1.29, 1.82) is 0 Å². The van der Waals surface area contributed by atoms with Gasteiger partial charge in [-0.25, -0.2) is 0 Å². The molecule has 1 aliphatic heterocycles. The summed E-state index contributed by atoms with van der Waals surface area (Å²) in [5.74, 6) is 0.770. The molecule has 4 heteroatoms.